The molecule has 0 bridgehead atoms. The number of aliphatic carboxylic acids is 1. The minimum Gasteiger partial charge on any atom is -0.477 e. The monoisotopic (exact) mass is 943 g/mol. The summed E-state index contributed by atoms with van der Waals surface area (Å²) in [6.07, 6.45) is 58.7. The molecule has 0 saturated heterocycles. The van der Waals surface area contributed by atoms with Crippen LogP contribution in [0.5, 0.6) is 0 Å². The lowest BCUT2D eigenvalue weighted by Crippen LogP contribution is -2.40. The van der Waals surface area contributed by atoms with E-state index in [0.717, 1.165) is 77.0 Å². The number of unbranched alkanes of at least 4 members (excludes halogenated alkanes) is 25. The Balaban J connectivity index is 4.21. The van der Waals surface area contributed by atoms with Crippen molar-refractivity contribution in [2.24, 2.45) is 0 Å². The highest BCUT2D eigenvalue weighted by Gasteiger charge is 2.25. The van der Waals surface area contributed by atoms with Crippen molar-refractivity contribution in [1.82, 2.24) is 0 Å². The second-order valence-electron chi connectivity index (χ2n) is 19.5. The van der Waals surface area contributed by atoms with Gasteiger partial charge in [0.15, 0.2) is 6.10 Å². The highest BCUT2D eigenvalue weighted by Crippen LogP contribution is 2.16. The molecule has 9 nitrogen and oxygen atoms in total. The van der Waals surface area contributed by atoms with Crippen LogP contribution in [0.15, 0.2) is 60.8 Å². The van der Waals surface area contributed by atoms with Crippen LogP contribution in [0, 0.1) is 0 Å². The average molecular weight is 943 g/mol. The van der Waals surface area contributed by atoms with Crippen molar-refractivity contribution < 1.29 is 42.9 Å². The van der Waals surface area contributed by atoms with Crippen molar-refractivity contribution in [2.75, 3.05) is 47.5 Å². The van der Waals surface area contributed by atoms with E-state index in [4.69, 9.17) is 18.9 Å². The van der Waals surface area contributed by atoms with Crippen molar-refractivity contribution >= 4 is 17.9 Å². The van der Waals surface area contributed by atoms with Gasteiger partial charge in [0.1, 0.15) is 13.2 Å². The molecule has 0 aromatic carbocycles. The Morgan fingerprint density at radius 2 is 0.851 bits per heavy atom. The zero-order valence-corrected chi connectivity index (χ0v) is 44.1. The molecule has 2 unspecified atom stereocenters. The Hall–Kier alpha value is -3.01. The maximum atomic E-state index is 12.8. The van der Waals surface area contributed by atoms with Gasteiger partial charge in [-0.05, 0) is 77.0 Å². The summed E-state index contributed by atoms with van der Waals surface area (Å²) in [5.74, 6) is -2.03. The normalized spacial score (nSPS) is 13.3. The molecule has 388 valence electrons. The molecular formula is C58H104NO8+. The molecule has 0 amide bonds. The highest BCUT2D eigenvalue weighted by molar-refractivity contribution is 5.71. The summed E-state index contributed by atoms with van der Waals surface area (Å²) in [5, 5.41) is 9.67. The molecule has 67 heavy (non-hydrogen) atoms. The molecule has 0 aliphatic rings. The number of hydrogen-bond donors (Lipinski definition) is 1. The first kappa shape index (κ1) is 64.0. The van der Waals surface area contributed by atoms with Crippen molar-refractivity contribution in [3.63, 3.8) is 0 Å². The van der Waals surface area contributed by atoms with Crippen LogP contribution in [0.25, 0.3) is 0 Å². The standard InChI is InChI=1S/C58H103NO8/c1-6-8-10-12-14-16-18-20-22-23-24-25-26-27-28-29-30-31-32-33-35-36-38-40-42-44-46-48-55(60)65-52-54(53-66-58(57(62)63)64-51-50-59(3,4)5)67-56(61)49-47-45-43-41-39-37-34-21-19-17-15-13-11-9-7-2/h9,11,15,17-18,20-21,23-24,34,54,58H,6-8,10,12-14,16,19,22,25-33,35-53H2,1-5H3/p+1/b11-9-,17-15-,20-18-,24-23-,34-21-. The van der Waals surface area contributed by atoms with Crippen LogP contribution in [0.2, 0.25) is 0 Å². The van der Waals surface area contributed by atoms with E-state index in [1.165, 1.54) is 122 Å². The lowest BCUT2D eigenvalue weighted by Gasteiger charge is -2.25. The second kappa shape index (κ2) is 49.4. The van der Waals surface area contributed by atoms with E-state index in [9.17, 15) is 19.5 Å². The molecule has 0 spiro atoms. The minimum absolute atomic E-state index is 0.183. The number of ether oxygens (including phenoxy) is 4. The zero-order chi connectivity index (χ0) is 49.2. The van der Waals surface area contributed by atoms with E-state index in [-0.39, 0.29) is 32.2 Å². The molecule has 0 aliphatic heterocycles. The molecule has 0 aromatic heterocycles. The molecule has 0 heterocycles. The number of allylic oxidation sites excluding steroid dienone is 10. The Labute approximate surface area is 412 Å². The summed E-state index contributed by atoms with van der Waals surface area (Å²) in [4.78, 5) is 37.3. The van der Waals surface area contributed by atoms with Crippen LogP contribution in [0.4, 0.5) is 0 Å². The third kappa shape index (κ3) is 50.7. The number of carbonyl (C=O) groups is 3. The third-order valence-electron chi connectivity index (χ3n) is 11.8. The summed E-state index contributed by atoms with van der Waals surface area (Å²) in [6.45, 7) is 4.74. The van der Waals surface area contributed by atoms with Gasteiger partial charge in [0.25, 0.3) is 6.29 Å². The number of carboxylic acids is 1. The van der Waals surface area contributed by atoms with Gasteiger partial charge in [-0.15, -0.1) is 0 Å². The van der Waals surface area contributed by atoms with Crippen LogP contribution in [-0.4, -0.2) is 87.4 Å². The van der Waals surface area contributed by atoms with Crippen molar-refractivity contribution in [3.05, 3.63) is 60.8 Å². The number of carbonyl (C=O) groups excluding carboxylic acids is 2. The lowest BCUT2D eigenvalue weighted by atomic mass is 10.0. The van der Waals surface area contributed by atoms with Gasteiger partial charge in [-0.1, -0.05) is 203 Å². The maximum absolute atomic E-state index is 12.8. The Bertz CT molecular complexity index is 1280. The summed E-state index contributed by atoms with van der Waals surface area (Å²) in [5.41, 5.74) is 0. The van der Waals surface area contributed by atoms with E-state index < -0.39 is 24.3 Å². The number of nitrogens with zero attached hydrogens (tertiary/aromatic N) is 1. The van der Waals surface area contributed by atoms with Gasteiger partial charge >= 0.3 is 17.9 Å². The quantitative estimate of drug-likeness (QED) is 0.0211. The molecule has 0 aliphatic carbocycles. The van der Waals surface area contributed by atoms with Gasteiger partial charge < -0.3 is 28.5 Å². The van der Waals surface area contributed by atoms with Gasteiger partial charge in [-0.3, -0.25) is 9.59 Å². The number of esters is 2. The smallest absolute Gasteiger partial charge is 0.361 e. The van der Waals surface area contributed by atoms with Gasteiger partial charge in [0, 0.05) is 12.8 Å². The van der Waals surface area contributed by atoms with Crippen LogP contribution >= 0.6 is 0 Å². The van der Waals surface area contributed by atoms with Crippen LogP contribution in [-0.2, 0) is 33.3 Å². The molecule has 0 aromatic rings. The van der Waals surface area contributed by atoms with Gasteiger partial charge in [-0.25, -0.2) is 4.79 Å². The largest absolute Gasteiger partial charge is 0.477 e. The summed E-state index contributed by atoms with van der Waals surface area (Å²) < 4.78 is 22.8. The first-order valence-electron chi connectivity index (χ1n) is 27.5. The van der Waals surface area contributed by atoms with E-state index in [1.807, 2.05) is 21.1 Å². The Kier molecular flexibility index (Phi) is 47.2. The fourth-order valence-corrected chi connectivity index (χ4v) is 7.53. The second-order valence-corrected chi connectivity index (χ2v) is 19.5. The number of likely N-dealkylation sites (N-methyl/N-ethyl adjacent to an activating group) is 1. The SMILES string of the molecule is CC/C=C\C/C=C\C/C=C\CCCCCCCC(=O)OC(COC(=O)CCCCCCCCCCCCCCCCC/C=C\C/C=C\CCCCCCC)COC(OCC[N+](C)(C)C)C(=O)O. The van der Waals surface area contributed by atoms with E-state index in [2.05, 4.69) is 74.6 Å². The van der Waals surface area contributed by atoms with Crippen LogP contribution < -0.4 is 0 Å². The molecule has 0 rings (SSSR count). The van der Waals surface area contributed by atoms with Crippen molar-refractivity contribution in [3.8, 4) is 0 Å². The first-order chi connectivity index (χ1) is 32.6. The van der Waals surface area contributed by atoms with Crippen LogP contribution in [0.3, 0.4) is 0 Å². The van der Waals surface area contributed by atoms with Crippen molar-refractivity contribution in [2.45, 2.75) is 245 Å². The number of rotatable bonds is 50. The van der Waals surface area contributed by atoms with Gasteiger partial charge in [-0.2, -0.15) is 0 Å². The Morgan fingerprint density at radius 1 is 0.463 bits per heavy atom. The predicted octanol–water partition coefficient (Wildman–Crippen LogP) is 15.7. The third-order valence-corrected chi connectivity index (χ3v) is 11.8. The van der Waals surface area contributed by atoms with Gasteiger partial charge in [0.2, 0.25) is 0 Å². The summed E-state index contributed by atoms with van der Waals surface area (Å²) >= 11 is 0. The predicted molar refractivity (Wildman–Crippen MR) is 281 cm³/mol. The first-order valence-corrected chi connectivity index (χ1v) is 27.5. The lowest BCUT2D eigenvalue weighted by molar-refractivity contribution is -0.870. The number of carboxylic acid groups (broad SMARTS) is 1. The van der Waals surface area contributed by atoms with E-state index >= 15 is 0 Å². The number of quaternary nitrogens is 1. The van der Waals surface area contributed by atoms with E-state index in [0.29, 0.717) is 23.9 Å². The summed E-state index contributed by atoms with van der Waals surface area (Å²) in [6, 6.07) is 0. The van der Waals surface area contributed by atoms with Crippen LogP contribution in [0.1, 0.15) is 232 Å². The zero-order valence-electron chi connectivity index (χ0n) is 44.1. The molecule has 0 fully saturated rings. The minimum atomic E-state index is -1.52. The van der Waals surface area contributed by atoms with E-state index in [1.54, 1.807) is 0 Å². The Morgan fingerprint density at radius 3 is 1.27 bits per heavy atom. The molecule has 0 saturated carbocycles. The average Bonchev–Trinajstić information content (AvgIpc) is 3.29. The molecule has 9 heteroatoms. The summed E-state index contributed by atoms with van der Waals surface area (Å²) in [7, 11) is 5.96. The van der Waals surface area contributed by atoms with Gasteiger partial charge in [0.05, 0.1) is 34.4 Å². The fraction of sp³-hybridized carbons (Fsp3) is 0.776. The topological polar surface area (TPSA) is 108 Å². The molecule has 1 N–H and O–H groups in total. The fourth-order valence-electron chi connectivity index (χ4n) is 7.53. The number of hydrogen-bond acceptors (Lipinski definition) is 7. The highest BCUT2D eigenvalue weighted by atomic mass is 16.7. The molecular weight excluding hydrogens is 839 g/mol. The molecule has 0 radical (unpaired) electrons. The molecule has 2 atom stereocenters. The maximum Gasteiger partial charge on any atom is 0.361 e. The van der Waals surface area contributed by atoms with Crippen molar-refractivity contribution in [1.29, 1.82) is 0 Å².